The molecule has 0 amide bonds. The Kier molecular flexibility index (Phi) is 4.83. The van der Waals surface area contributed by atoms with Crippen LogP contribution in [0.25, 0.3) is 10.9 Å². The van der Waals surface area contributed by atoms with Crippen LogP contribution in [0.15, 0.2) is 85.1 Å². The second-order valence-electron chi connectivity index (χ2n) is 6.05. The third-order valence-corrected chi connectivity index (χ3v) is 4.12. The minimum Gasteiger partial charge on any atom is -0.492 e. The summed E-state index contributed by atoms with van der Waals surface area (Å²) in [4.78, 5) is 0. The van der Waals surface area contributed by atoms with Crippen molar-refractivity contribution >= 4 is 10.9 Å². The predicted molar refractivity (Wildman–Crippen MR) is 102 cm³/mol. The van der Waals surface area contributed by atoms with E-state index in [1.54, 1.807) is 0 Å². The lowest BCUT2D eigenvalue weighted by Crippen LogP contribution is -2.08. The van der Waals surface area contributed by atoms with E-state index in [4.69, 9.17) is 9.47 Å². The van der Waals surface area contributed by atoms with Gasteiger partial charge in [0.2, 0.25) is 0 Å². The van der Waals surface area contributed by atoms with Crippen molar-refractivity contribution in [2.75, 3.05) is 6.61 Å². The third kappa shape index (κ3) is 4.03. The average molecular weight is 344 g/mol. The van der Waals surface area contributed by atoms with E-state index in [1.807, 2.05) is 71.5 Å². The maximum absolute atomic E-state index is 5.81. The molecule has 0 aliphatic carbocycles. The first-order chi connectivity index (χ1) is 12.9. The van der Waals surface area contributed by atoms with E-state index in [9.17, 15) is 0 Å². The van der Waals surface area contributed by atoms with Crippen molar-refractivity contribution in [1.82, 2.24) is 9.78 Å². The van der Waals surface area contributed by atoms with Gasteiger partial charge in [0.1, 0.15) is 24.7 Å². The molecule has 0 aliphatic rings. The molecular formula is C22H20N2O2. The Morgan fingerprint density at radius 1 is 0.731 bits per heavy atom. The fraction of sp³-hybridized carbons (Fsp3) is 0.136. The van der Waals surface area contributed by atoms with Crippen LogP contribution in [0.2, 0.25) is 0 Å². The van der Waals surface area contributed by atoms with Crippen molar-refractivity contribution in [2.24, 2.45) is 0 Å². The van der Waals surface area contributed by atoms with Gasteiger partial charge in [-0.3, -0.25) is 4.68 Å². The summed E-state index contributed by atoms with van der Waals surface area (Å²) in [7, 11) is 0. The SMILES string of the molecule is c1ccc(COc2ccc(OCCn3cc4ccccc4n3)cc2)cc1. The van der Waals surface area contributed by atoms with Gasteiger partial charge in [-0.2, -0.15) is 5.10 Å². The van der Waals surface area contributed by atoms with Crippen LogP contribution in [0, 0.1) is 0 Å². The molecular weight excluding hydrogens is 324 g/mol. The van der Waals surface area contributed by atoms with Crippen LogP contribution in [0.4, 0.5) is 0 Å². The first kappa shape index (κ1) is 16.2. The number of hydrogen-bond donors (Lipinski definition) is 0. The van der Waals surface area contributed by atoms with Crippen molar-refractivity contribution in [3.63, 3.8) is 0 Å². The van der Waals surface area contributed by atoms with Gasteiger partial charge in [0.05, 0.1) is 12.1 Å². The molecule has 130 valence electrons. The molecule has 0 atom stereocenters. The summed E-state index contributed by atoms with van der Waals surface area (Å²) in [6, 6.07) is 25.9. The van der Waals surface area contributed by atoms with E-state index in [2.05, 4.69) is 23.3 Å². The molecule has 0 unspecified atom stereocenters. The lowest BCUT2D eigenvalue weighted by Gasteiger charge is -2.09. The molecule has 0 saturated carbocycles. The molecule has 0 N–H and O–H groups in total. The molecule has 0 fully saturated rings. The highest BCUT2D eigenvalue weighted by Gasteiger charge is 2.01. The van der Waals surface area contributed by atoms with Crippen LogP contribution in [-0.4, -0.2) is 16.4 Å². The van der Waals surface area contributed by atoms with E-state index in [-0.39, 0.29) is 0 Å². The summed E-state index contributed by atoms with van der Waals surface area (Å²) in [5.41, 5.74) is 2.16. The standard InChI is InChI=1S/C22H20N2O2/c1-2-6-18(7-3-1)17-26-21-12-10-20(11-13-21)25-15-14-24-16-19-8-4-5-9-22(19)23-24/h1-13,16H,14-15,17H2. The van der Waals surface area contributed by atoms with Gasteiger partial charge in [-0.05, 0) is 35.9 Å². The zero-order valence-corrected chi connectivity index (χ0v) is 14.4. The second kappa shape index (κ2) is 7.74. The molecule has 4 aromatic rings. The summed E-state index contributed by atoms with van der Waals surface area (Å²) in [6.45, 7) is 1.84. The van der Waals surface area contributed by atoms with E-state index < -0.39 is 0 Å². The molecule has 0 spiro atoms. The molecule has 0 aliphatic heterocycles. The van der Waals surface area contributed by atoms with Gasteiger partial charge in [-0.15, -0.1) is 0 Å². The fourth-order valence-corrected chi connectivity index (χ4v) is 2.76. The van der Waals surface area contributed by atoms with Crippen LogP contribution in [0.5, 0.6) is 11.5 Å². The second-order valence-corrected chi connectivity index (χ2v) is 6.05. The van der Waals surface area contributed by atoms with Gasteiger partial charge in [-0.1, -0.05) is 48.5 Å². The Hall–Kier alpha value is -3.27. The average Bonchev–Trinajstić information content (AvgIpc) is 3.11. The van der Waals surface area contributed by atoms with E-state index in [0.717, 1.165) is 28.0 Å². The number of benzene rings is 3. The highest BCUT2D eigenvalue weighted by molar-refractivity contribution is 5.77. The van der Waals surface area contributed by atoms with Crippen LogP contribution >= 0.6 is 0 Å². The number of nitrogens with zero attached hydrogens (tertiary/aromatic N) is 2. The predicted octanol–water partition coefficient (Wildman–Crippen LogP) is 4.69. The molecule has 0 bridgehead atoms. The quantitative estimate of drug-likeness (QED) is 0.488. The summed E-state index contributed by atoms with van der Waals surface area (Å²) in [6.07, 6.45) is 2.04. The van der Waals surface area contributed by atoms with Gasteiger partial charge in [-0.25, -0.2) is 0 Å². The highest BCUT2D eigenvalue weighted by atomic mass is 16.5. The smallest absolute Gasteiger partial charge is 0.120 e. The highest BCUT2D eigenvalue weighted by Crippen LogP contribution is 2.19. The van der Waals surface area contributed by atoms with Crippen LogP contribution in [0.1, 0.15) is 5.56 Å². The number of aromatic nitrogens is 2. The van der Waals surface area contributed by atoms with E-state index >= 15 is 0 Å². The monoisotopic (exact) mass is 344 g/mol. The lowest BCUT2D eigenvalue weighted by molar-refractivity contribution is 0.288. The molecule has 3 aromatic carbocycles. The number of ether oxygens (including phenoxy) is 2. The lowest BCUT2D eigenvalue weighted by atomic mass is 10.2. The van der Waals surface area contributed by atoms with E-state index in [0.29, 0.717) is 19.8 Å². The van der Waals surface area contributed by atoms with Crippen molar-refractivity contribution in [3.05, 3.63) is 90.6 Å². The van der Waals surface area contributed by atoms with Crippen LogP contribution in [0.3, 0.4) is 0 Å². The Labute approximate surface area is 152 Å². The van der Waals surface area contributed by atoms with Crippen molar-refractivity contribution in [3.8, 4) is 11.5 Å². The van der Waals surface area contributed by atoms with Gasteiger partial charge >= 0.3 is 0 Å². The summed E-state index contributed by atoms with van der Waals surface area (Å²) in [5, 5.41) is 5.67. The number of hydrogen-bond acceptors (Lipinski definition) is 3. The van der Waals surface area contributed by atoms with Gasteiger partial charge < -0.3 is 9.47 Å². The topological polar surface area (TPSA) is 36.3 Å². The zero-order chi connectivity index (χ0) is 17.6. The van der Waals surface area contributed by atoms with Crippen molar-refractivity contribution in [2.45, 2.75) is 13.2 Å². The maximum Gasteiger partial charge on any atom is 0.120 e. The van der Waals surface area contributed by atoms with Gasteiger partial charge in [0.15, 0.2) is 0 Å². The van der Waals surface area contributed by atoms with Crippen LogP contribution in [-0.2, 0) is 13.2 Å². The Bertz CT molecular complexity index is 929. The molecule has 0 radical (unpaired) electrons. The first-order valence-corrected chi connectivity index (χ1v) is 8.69. The Balaban J connectivity index is 1.27. The molecule has 26 heavy (non-hydrogen) atoms. The minimum absolute atomic E-state index is 0.563. The molecule has 4 rings (SSSR count). The summed E-state index contributed by atoms with van der Waals surface area (Å²) < 4.78 is 13.5. The maximum atomic E-state index is 5.81. The summed E-state index contributed by atoms with van der Waals surface area (Å²) in [5.74, 6) is 1.66. The zero-order valence-electron chi connectivity index (χ0n) is 14.4. The Morgan fingerprint density at radius 2 is 1.42 bits per heavy atom. The largest absolute Gasteiger partial charge is 0.492 e. The number of rotatable bonds is 7. The van der Waals surface area contributed by atoms with E-state index in [1.165, 1.54) is 0 Å². The number of fused-ring (bicyclic) bond motifs is 1. The molecule has 1 aromatic heterocycles. The molecule has 0 saturated heterocycles. The van der Waals surface area contributed by atoms with Gasteiger partial charge in [0, 0.05) is 11.6 Å². The van der Waals surface area contributed by atoms with Crippen molar-refractivity contribution in [1.29, 1.82) is 0 Å². The van der Waals surface area contributed by atoms with Gasteiger partial charge in [0.25, 0.3) is 0 Å². The summed E-state index contributed by atoms with van der Waals surface area (Å²) >= 11 is 0. The molecule has 4 nitrogen and oxygen atoms in total. The first-order valence-electron chi connectivity index (χ1n) is 8.69. The minimum atomic E-state index is 0.563. The van der Waals surface area contributed by atoms with Crippen LogP contribution < -0.4 is 9.47 Å². The Morgan fingerprint density at radius 3 is 2.19 bits per heavy atom. The van der Waals surface area contributed by atoms with Crippen molar-refractivity contribution < 1.29 is 9.47 Å². The normalized spacial score (nSPS) is 10.8. The molecule has 4 heteroatoms. The molecule has 1 heterocycles. The third-order valence-electron chi connectivity index (χ3n) is 4.12. The fourth-order valence-electron chi connectivity index (χ4n) is 2.76.